The van der Waals surface area contributed by atoms with Crippen molar-refractivity contribution in [2.24, 2.45) is 0 Å². The molecule has 1 heterocycles. The van der Waals surface area contributed by atoms with Crippen molar-refractivity contribution in [1.82, 2.24) is 4.90 Å². The van der Waals surface area contributed by atoms with Crippen molar-refractivity contribution < 1.29 is 14.3 Å². The number of hydrogen-bond acceptors (Lipinski definition) is 4. The molecule has 0 spiro atoms. The van der Waals surface area contributed by atoms with Crippen LogP contribution < -0.4 is 0 Å². The number of ketones is 1. The minimum atomic E-state index is -0.921. The maximum atomic E-state index is 11.6. The molecule has 0 saturated carbocycles. The van der Waals surface area contributed by atoms with Gasteiger partial charge in [-0.25, -0.2) is 4.79 Å². The van der Waals surface area contributed by atoms with Gasteiger partial charge in [0.1, 0.15) is 5.54 Å². The van der Waals surface area contributed by atoms with Crippen molar-refractivity contribution in [1.29, 1.82) is 0 Å². The number of esters is 1. The van der Waals surface area contributed by atoms with Crippen LogP contribution in [0.1, 0.15) is 13.3 Å². The molecule has 1 aliphatic rings. The van der Waals surface area contributed by atoms with Gasteiger partial charge in [-0.1, -0.05) is 0 Å². The highest BCUT2D eigenvalue weighted by Gasteiger charge is 2.42. The fraction of sp³-hybridized carbons (Fsp3) is 0.600. The van der Waals surface area contributed by atoms with Crippen LogP contribution in [-0.2, 0) is 14.3 Å². The molecule has 0 radical (unpaired) electrons. The monoisotopic (exact) mass is 231 g/mol. The Kier molecular flexibility index (Phi) is 3.74. The molecule has 1 rings (SSSR count). The smallest absolute Gasteiger partial charge is 0.331 e. The number of carbonyl (C=O) groups excluding carboxylic acids is 2. The van der Waals surface area contributed by atoms with Gasteiger partial charge in [-0.05, 0) is 13.0 Å². The second-order valence-electron chi connectivity index (χ2n) is 3.61. The molecule has 0 N–H and O–H groups in total. The number of rotatable bonds is 3. The number of methoxy groups -OCH3 is 1. The maximum Gasteiger partial charge on any atom is 0.331 e. The zero-order valence-electron chi connectivity index (χ0n) is 8.83. The van der Waals surface area contributed by atoms with E-state index in [0.29, 0.717) is 12.4 Å². The van der Waals surface area contributed by atoms with Crippen LogP contribution in [0.25, 0.3) is 0 Å². The quantitative estimate of drug-likeness (QED) is 0.536. The topological polar surface area (TPSA) is 46.6 Å². The first-order chi connectivity index (χ1) is 7.04. The van der Waals surface area contributed by atoms with Gasteiger partial charge in [-0.2, -0.15) is 0 Å². The van der Waals surface area contributed by atoms with Gasteiger partial charge >= 0.3 is 5.97 Å². The predicted octanol–water partition coefficient (Wildman–Crippen LogP) is 0.945. The zero-order valence-corrected chi connectivity index (χ0v) is 9.58. The molecule has 4 nitrogen and oxygen atoms in total. The van der Waals surface area contributed by atoms with E-state index in [1.165, 1.54) is 13.2 Å². The van der Waals surface area contributed by atoms with Crippen molar-refractivity contribution in [3.63, 3.8) is 0 Å². The number of ether oxygens (including phenoxy) is 1. The number of nitrogens with zero attached hydrogens (tertiary/aromatic N) is 1. The lowest BCUT2D eigenvalue weighted by Crippen LogP contribution is -2.54. The largest absolute Gasteiger partial charge is 0.467 e. The van der Waals surface area contributed by atoms with Crippen LogP contribution in [0.3, 0.4) is 0 Å². The summed E-state index contributed by atoms with van der Waals surface area (Å²) >= 11 is 5.63. The maximum absolute atomic E-state index is 11.6. The average molecular weight is 232 g/mol. The molecule has 0 aromatic heterocycles. The number of halogens is 1. The summed E-state index contributed by atoms with van der Waals surface area (Å²) in [5, 5.41) is 0. The molecule has 1 atom stereocenters. The summed E-state index contributed by atoms with van der Waals surface area (Å²) in [7, 11) is 1.31. The second-order valence-corrected chi connectivity index (χ2v) is 3.98. The van der Waals surface area contributed by atoms with E-state index in [0.717, 1.165) is 0 Å². The molecule has 0 fully saturated rings. The number of hydrogen-bond donors (Lipinski definition) is 0. The van der Waals surface area contributed by atoms with Crippen molar-refractivity contribution in [3.05, 3.63) is 12.3 Å². The summed E-state index contributed by atoms with van der Waals surface area (Å²) in [5.74, 6) is -0.0930. The Labute approximate surface area is 93.8 Å². The lowest BCUT2D eigenvalue weighted by Gasteiger charge is -2.39. The summed E-state index contributed by atoms with van der Waals surface area (Å²) in [4.78, 5) is 24.7. The van der Waals surface area contributed by atoms with E-state index in [9.17, 15) is 9.59 Å². The molecule has 1 aliphatic heterocycles. The van der Waals surface area contributed by atoms with Gasteiger partial charge in [0.25, 0.3) is 0 Å². The molecule has 0 bridgehead atoms. The Hall–Kier alpha value is -1.03. The molecular formula is C10H14ClNO3. The first-order valence-electron chi connectivity index (χ1n) is 4.67. The van der Waals surface area contributed by atoms with Crippen LogP contribution in [0.2, 0.25) is 0 Å². The number of allylic oxidation sites excluding steroid dienone is 1. The molecule has 0 amide bonds. The number of alkyl halides is 1. The summed E-state index contributed by atoms with van der Waals surface area (Å²) < 4.78 is 4.71. The third kappa shape index (κ3) is 2.31. The van der Waals surface area contributed by atoms with E-state index in [2.05, 4.69) is 0 Å². The molecule has 15 heavy (non-hydrogen) atoms. The summed E-state index contributed by atoms with van der Waals surface area (Å²) in [6, 6.07) is 0. The minimum absolute atomic E-state index is 0.0753. The standard InChI is InChI=1S/C10H14ClNO3/c1-10(9(14)15-2)7-8(13)3-5-12(10)6-4-11/h3,5H,4,6-7H2,1-2H3. The van der Waals surface area contributed by atoms with Crippen LogP contribution in [0.15, 0.2) is 12.3 Å². The summed E-state index contributed by atoms with van der Waals surface area (Å²) in [6.07, 6.45) is 3.19. The van der Waals surface area contributed by atoms with Gasteiger partial charge in [-0.3, -0.25) is 4.79 Å². The second kappa shape index (κ2) is 4.66. The SMILES string of the molecule is COC(=O)C1(C)CC(=O)C=CN1CCCl. The molecule has 0 aromatic rings. The van der Waals surface area contributed by atoms with Gasteiger partial charge in [0, 0.05) is 25.0 Å². The molecule has 0 aliphatic carbocycles. The van der Waals surface area contributed by atoms with Gasteiger partial charge in [0.2, 0.25) is 0 Å². The minimum Gasteiger partial charge on any atom is -0.467 e. The lowest BCUT2D eigenvalue weighted by molar-refractivity contribution is -0.155. The summed E-state index contributed by atoms with van der Waals surface area (Å²) in [6.45, 7) is 2.20. The van der Waals surface area contributed by atoms with Crippen molar-refractivity contribution in [3.8, 4) is 0 Å². The van der Waals surface area contributed by atoms with Crippen molar-refractivity contribution >= 4 is 23.4 Å². The van der Waals surface area contributed by atoms with Gasteiger partial charge in [0.05, 0.1) is 7.11 Å². The van der Waals surface area contributed by atoms with Crippen molar-refractivity contribution in [2.45, 2.75) is 18.9 Å². The van der Waals surface area contributed by atoms with Crippen LogP contribution in [0.4, 0.5) is 0 Å². The molecular weight excluding hydrogens is 218 g/mol. The molecule has 5 heteroatoms. The van der Waals surface area contributed by atoms with E-state index in [-0.39, 0.29) is 12.2 Å². The molecule has 0 aromatic carbocycles. The molecule has 1 unspecified atom stereocenters. The van der Waals surface area contributed by atoms with Crippen LogP contribution in [0, 0.1) is 0 Å². The Bertz CT molecular complexity index is 303. The van der Waals surface area contributed by atoms with E-state index >= 15 is 0 Å². The first-order valence-corrected chi connectivity index (χ1v) is 5.20. The predicted molar refractivity (Wildman–Crippen MR) is 56.6 cm³/mol. The Morgan fingerprint density at radius 2 is 2.40 bits per heavy atom. The van der Waals surface area contributed by atoms with Crippen molar-refractivity contribution in [2.75, 3.05) is 19.5 Å². The third-order valence-electron chi connectivity index (χ3n) is 2.54. The Morgan fingerprint density at radius 1 is 1.73 bits per heavy atom. The first kappa shape index (κ1) is 12.0. The number of carbonyl (C=O) groups is 2. The lowest BCUT2D eigenvalue weighted by atomic mass is 9.90. The fourth-order valence-corrected chi connectivity index (χ4v) is 1.84. The zero-order chi connectivity index (χ0) is 11.5. The van der Waals surface area contributed by atoms with Crippen LogP contribution >= 0.6 is 11.6 Å². The highest BCUT2D eigenvalue weighted by atomic mass is 35.5. The van der Waals surface area contributed by atoms with E-state index in [1.807, 2.05) is 0 Å². The van der Waals surface area contributed by atoms with E-state index in [4.69, 9.17) is 16.3 Å². The third-order valence-corrected chi connectivity index (χ3v) is 2.71. The molecule has 0 saturated heterocycles. The Morgan fingerprint density at radius 3 is 2.93 bits per heavy atom. The van der Waals surface area contributed by atoms with Gasteiger partial charge in [-0.15, -0.1) is 11.6 Å². The van der Waals surface area contributed by atoms with Crippen LogP contribution in [-0.4, -0.2) is 41.7 Å². The van der Waals surface area contributed by atoms with Crippen LogP contribution in [0.5, 0.6) is 0 Å². The molecule has 84 valence electrons. The van der Waals surface area contributed by atoms with E-state index < -0.39 is 11.5 Å². The summed E-state index contributed by atoms with van der Waals surface area (Å²) in [5.41, 5.74) is -0.921. The van der Waals surface area contributed by atoms with E-state index in [1.54, 1.807) is 18.0 Å². The average Bonchev–Trinajstić information content (AvgIpc) is 2.21. The normalized spacial score (nSPS) is 25.5. The highest BCUT2D eigenvalue weighted by molar-refractivity contribution is 6.18. The Balaban J connectivity index is 2.95. The fourth-order valence-electron chi connectivity index (χ4n) is 1.66. The van der Waals surface area contributed by atoms with Gasteiger partial charge < -0.3 is 9.64 Å². The van der Waals surface area contributed by atoms with Gasteiger partial charge in [0.15, 0.2) is 5.78 Å². The highest BCUT2D eigenvalue weighted by Crippen LogP contribution is 2.26.